The molecule has 0 amide bonds. The molecule has 2 bridgehead atoms. The van der Waals surface area contributed by atoms with E-state index in [1.807, 2.05) is 6.07 Å². The van der Waals surface area contributed by atoms with Crippen molar-refractivity contribution in [3.8, 4) is 0 Å². The van der Waals surface area contributed by atoms with Gasteiger partial charge in [-0.2, -0.15) is 0 Å². The second-order valence-corrected chi connectivity index (χ2v) is 4.73. The Kier molecular flexibility index (Phi) is 2.53. The Morgan fingerprint density at radius 2 is 2.12 bits per heavy atom. The van der Waals surface area contributed by atoms with Crippen LogP contribution >= 0.6 is 0 Å². The van der Waals surface area contributed by atoms with Gasteiger partial charge < -0.3 is 10.5 Å². The van der Waals surface area contributed by atoms with Crippen molar-refractivity contribution in [1.29, 1.82) is 0 Å². The number of likely N-dealkylation sites (tertiary alicyclic amines) is 1. The maximum Gasteiger partial charge on any atom is 0.0707 e. The molecule has 2 atom stereocenters. The lowest BCUT2D eigenvalue weighted by Gasteiger charge is -2.32. The molecule has 0 saturated carbocycles. The zero-order valence-corrected chi connectivity index (χ0v) is 9.30. The second-order valence-electron chi connectivity index (χ2n) is 4.73. The summed E-state index contributed by atoms with van der Waals surface area (Å²) < 4.78 is 5.81. The summed E-state index contributed by atoms with van der Waals surface area (Å²) >= 11 is 0. The molecule has 2 N–H and O–H groups in total. The minimum atomic E-state index is 0.446. The van der Waals surface area contributed by atoms with Gasteiger partial charge in [0.05, 0.1) is 24.1 Å². The van der Waals surface area contributed by atoms with Gasteiger partial charge in [-0.1, -0.05) is 0 Å². The first-order valence-corrected chi connectivity index (χ1v) is 5.87. The van der Waals surface area contributed by atoms with E-state index in [4.69, 9.17) is 10.5 Å². The minimum absolute atomic E-state index is 0.446. The fourth-order valence-corrected chi connectivity index (χ4v) is 2.65. The number of anilines is 1. The summed E-state index contributed by atoms with van der Waals surface area (Å²) in [6.07, 6.45) is 6.86. The monoisotopic (exact) mass is 219 g/mol. The smallest absolute Gasteiger partial charge is 0.0707 e. The van der Waals surface area contributed by atoms with Gasteiger partial charge in [0.15, 0.2) is 0 Å². The van der Waals surface area contributed by atoms with Crippen molar-refractivity contribution >= 4 is 5.69 Å². The highest BCUT2D eigenvalue weighted by Gasteiger charge is 2.33. The van der Waals surface area contributed by atoms with Gasteiger partial charge in [-0.05, 0) is 24.5 Å². The topological polar surface area (TPSA) is 51.4 Å². The number of pyridine rings is 1. The number of aromatic nitrogens is 1. The molecule has 0 radical (unpaired) electrons. The van der Waals surface area contributed by atoms with Gasteiger partial charge in [0.25, 0.3) is 0 Å². The van der Waals surface area contributed by atoms with Crippen molar-refractivity contribution in [2.45, 2.75) is 31.6 Å². The summed E-state index contributed by atoms with van der Waals surface area (Å²) in [6.45, 7) is 3.00. The SMILES string of the molecule is Nc1cnccc1CN1C[C@H]2CC[C@@H](C1)O2. The summed E-state index contributed by atoms with van der Waals surface area (Å²) in [5.74, 6) is 0. The van der Waals surface area contributed by atoms with Crippen molar-refractivity contribution < 1.29 is 4.74 Å². The molecule has 16 heavy (non-hydrogen) atoms. The van der Waals surface area contributed by atoms with Crippen molar-refractivity contribution in [3.05, 3.63) is 24.0 Å². The quantitative estimate of drug-likeness (QED) is 0.807. The number of nitrogens with two attached hydrogens (primary N) is 1. The number of nitrogen functional groups attached to an aromatic ring is 1. The predicted octanol–water partition coefficient (Wildman–Crippen LogP) is 1.03. The molecule has 0 aliphatic carbocycles. The third-order valence-electron chi connectivity index (χ3n) is 3.46. The molecular weight excluding hydrogens is 202 g/mol. The Bertz CT molecular complexity index is 370. The number of hydrogen-bond donors (Lipinski definition) is 1. The first kappa shape index (κ1) is 10.1. The normalized spacial score (nSPS) is 29.5. The summed E-state index contributed by atoms with van der Waals surface area (Å²) in [5, 5.41) is 0. The van der Waals surface area contributed by atoms with Crippen LogP contribution in [0, 0.1) is 0 Å². The van der Waals surface area contributed by atoms with Gasteiger partial charge in [-0.3, -0.25) is 9.88 Å². The first-order chi connectivity index (χ1) is 7.81. The molecule has 1 aromatic rings. The molecule has 0 unspecified atom stereocenters. The third-order valence-corrected chi connectivity index (χ3v) is 3.46. The van der Waals surface area contributed by atoms with Crippen molar-refractivity contribution in [2.24, 2.45) is 0 Å². The Morgan fingerprint density at radius 3 is 2.81 bits per heavy atom. The van der Waals surface area contributed by atoms with E-state index in [1.54, 1.807) is 12.4 Å². The average Bonchev–Trinajstić information content (AvgIpc) is 2.62. The summed E-state index contributed by atoms with van der Waals surface area (Å²) in [6, 6.07) is 2.01. The highest BCUT2D eigenvalue weighted by atomic mass is 16.5. The lowest BCUT2D eigenvalue weighted by Crippen LogP contribution is -2.42. The van der Waals surface area contributed by atoms with E-state index in [2.05, 4.69) is 9.88 Å². The maximum atomic E-state index is 5.90. The maximum absolute atomic E-state index is 5.90. The van der Waals surface area contributed by atoms with Crippen LogP contribution in [0.3, 0.4) is 0 Å². The average molecular weight is 219 g/mol. The van der Waals surface area contributed by atoms with Gasteiger partial charge in [-0.25, -0.2) is 0 Å². The minimum Gasteiger partial charge on any atom is -0.397 e. The molecule has 4 nitrogen and oxygen atoms in total. The number of ether oxygens (including phenoxy) is 1. The zero-order chi connectivity index (χ0) is 11.0. The molecule has 3 heterocycles. The van der Waals surface area contributed by atoms with Crippen LogP contribution in [0.4, 0.5) is 5.69 Å². The van der Waals surface area contributed by atoms with Crippen LogP contribution in [0.25, 0.3) is 0 Å². The fourth-order valence-electron chi connectivity index (χ4n) is 2.65. The van der Waals surface area contributed by atoms with E-state index in [0.29, 0.717) is 12.2 Å². The molecule has 2 saturated heterocycles. The Hall–Kier alpha value is -1.13. The van der Waals surface area contributed by atoms with Crippen LogP contribution in [0.15, 0.2) is 18.5 Å². The zero-order valence-electron chi connectivity index (χ0n) is 9.30. The van der Waals surface area contributed by atoms with Crippen LogP contribution in [-0.2, 0) is 11.3 Å². The standard InChI is InChI=1S/C12H17N3O/c13-12-5-14-4-3-9(12)6-15-7-10-1-2-11(8-15)16-10/h3-5,10-11H,1-2,6-8,13H2/t10-,11+. The van der Waals surface area contributed by atoms with E-state index in [0.717, 1.165) is 25.3 Å². The Morgan fingerprint density at radius 1 is 1.38 bits per heavy atom. The number of nitrogens with zero attached hydrogens (tertiary/aromatic N) is 2. The van der Waals surface area contributed by atoms with Gasteiger partial charge in [0.2, 0.25) is 0 Å². The summed E-state index contributed by atoms with van der Waals surface area (Å²) in [5.41, 5.74) is 7.87. The molecule has 2 fully saturated rings. The Balaban J connectivity index is 1.69. The molecule has 0 aromatic carbocycles. The summed E-state index contributed by atoms with van der Waals surface area (Å²) in [7, 11) is 0. The molecule has 4 heteroatoms. The van der Waals surface area contributed by atoms with E-state index in [9.17, 15) is 0 Å². The molecule has 86 valence electrons. The van der Waals surface area contributed by atoms with E-state index >= 15 is 0 Å². The van der Waals surface area contributed by atoms with E-state index in [-0.39, 0.29) is 0 Å². The fraction of sp³-hybridized carbons (Fsp3) is 0.583. The lowest BCUT2D eigenvalue weighted by molar-refractivity contribution is -0.0410. The lowest BCUT2D eigenvalue weighted by atomic mass is 10.2. The predicted molar refractivity (Wildman–Crippen MR) is 61.8 cm³/mol. The highest BCUT2D eigenvalue weighted by molar-refractivity contribution is 5.43. The molecule has 2 aliphatic rings. The van der Waals surface area contributed by atoms with Gasteiger partial charge in [0.1, 0.15) is 0 Å². The number of morpholine rings is 1. The Labute approximate surface area is 95.4 Å². The van der Waals surface area contributed by atoms with Crippen LogP contribution in [0.5, 0.6) is 0 Å². The molecule has 3 rings (SSSR count). The number of rotatable bonds is 2. The number of fused-ring (bicyclic) bond motifs is 2. The van der Waals surface area contributed by atoms with Gasteiger partial charge in [0, 0.05) is 25.8 Å². The molecule has 0 spiro atoms. The van der Waals surface area contributed by atoms with E-state index in [1.165, 1.54) is 18.4 Å². The van der Waals surface area contributed by atoms with Crippen LogP contribution < -0.4 is 5.73 Å². The van der Waals surface area contributed by atoms with E-state index < -0.39 is 0 Å². The summed E-state index contributed by atoms with van der Waals surface area (Å²) in [4.78, 5) is 6.45. The third kappa shape index (κ3) is 1.90. The highest BCUT2D eigenvalue weighted by Crippen LogP contribution is 2.27. The second kappa shape index (κ2) is 4.03. The van der Waals surface area contributed by atoms with Gasteiger partial charge >= 0.3 is 0 Å². The van der Waals surface area contributed by atoms with Crippen LogP contribution in [-0.4, -0.2) is 35.2 Å². The van der Waals surface area contributed by atoms with Crippen molar-refractivity contribution in [2.75, 3.05) is 18.8 Å². The van der Waals surface area contributed by atoms with Crippen molar-refractivity contribution in [1.82, 2.24) is 9.88 Å². The van der Waals surface area contributed by atoms with Gasteiger partial charge in [-0.15, -0.1) is 0 Å². The molecule has 1 aromatic heterocycles. The van der Waals surface area contributed by atoms with Crippen LogP contribution in [0.2, 0.25) is 0 Å². The van der Waals surface area contributed by atoms with Crippen molar-refractivity contribution in [3.63, 3.8) is 0 Å². The largest absolute Gasteiger partial charge is 0.397 e. The van der Waals surface area contributed by atoms with Crippen LogP contribution in [0.1, 0.15) is 18.4 Å². The molecule has 2 aliphatic heterocycles. The number of hydrogen-bond acceptors (Lipinski definition) is 4. The first-order valence-electron chi connectivity index (χ1n) is 5.87. The molecular formula is C12H17N3O.